The van der Waals surface area contributed by atoms with Crippen molar-refractivity contribution in [1.29, 1.82) is 0 Å². The summed E-state index contributed by atoms with van der Waals surface area (Å²) >= 11 is 0. The highest BCUT2D eigenvalue weighted by atomic mass is 16.2. The molecule has 3 rings (SSSR count). The average Bonchev–Trinajstić information content (AvgIpc) is 3.34. The molecule has 0 spiro atoms. The number of rotatable bonds is 5. The highest BCUT2D eigenvalue weighted by Crippen LogP contribution is 2.42. The fraction of sp³-hybridized carbons (Fsp3) is 0.412. The zero-order chi connectivity index (χ0) is 17.5. The van der Waals surface area contributed by atoms with Gasteiger partial charge in [-0.2, -0.15) is 0 Å². The van der Waals surface area contributed by atoms with Crippen LogP contribution in [0.3, 0.4) is 0 Å². The number of carbonyl (C=O) groups is 4. The molecule has 1 heterocycles. The van der Waals surface area contributed by atoms with Crippen molar-refractivity contribution in [2.75, 3.05) is 11.9 Å². The van der Waals surface area contributed by atoms with E-state index in [0.29, 0.717) is 11.3 Å². The smallest absolute Gasteiger partial charge is 0.325 e. The van der Waals surface area contributed by atoms with Gasteiger partial charge in [0.1, 0.15) is 12.1 Å². The van der Waals surface area contributed by atoms with Gasteiger partial charge in [0.2, 0.25) is 5.91 Å². The molecule has 2 N–H and O–H groups in total. The number of hydrogen-bond acceptors (Lipinski definition) is 4. The van der Waals surface area contributed by atoms with Crippen molar-refractivity contribution in [3.8, 4) is 0 Å². The molecule has 0 radical (unpaired) electrons. The normalized spacial score (nSPS) is 23.2. The maximum atomic E-state index is 12.5. The molecule has 0 bridgehead atoms. The van der Waals surface area contributed by atoms with Gasteiger partial charge in [-0.1, -0.05) is 12.1 Å². The van der Waals surface area contributed by atoms with Gasteiger partial charge in [-0.3, -0.25) is 19.3 Å². The van der Waals surface area contributed by atoms with Gasteiger partial charge in [0.15, 0.2) is 5.78 Å². The Morgan fingerprint density at radius 3 is 2.67 bits per heavy atom. The van der Waals surface area contributed by atoms with Crippen LogP contribution in [-0.2, 0) is 9.59 Å². The van der Waals surface area contributed by atoms with Crippen LogP contribution in [-0.4, -0.2) is 40.6 Å². The Labute approximate surface area is 139 Å². The minimum absolute atomic E-state index is 0.111. The van der Waals surface area contributed by atoms with Gasteiger partial charge in [-0.05, 0) is 44.7 Å². The number of hydrogen-bond donors (Lipinski definition) is 2. The number of nitrogens with one attached hydrogen (secondary N) is 2. The Morgan fingerprint density at radius 2 is 2.04 bits per heavy atom. The Bertz CT molecular complexity index is 741. The van der Waals surface area contributed by atoms with Crippen molar-refractivity contribution in [3.63, 3.8) is 0 Å². The van der Waals surface area contributed by atoms with E-state index in [1.54, 1.807) is 31.2 Å². The van der Waals surface area contributed by atoms with E-state index in [-0.39, 0.29) is 24.2 Å². The molecule has 1 saturated heterocycles. The molecular formula is C17H19N3O4. The maximum absolute atomic E-state index is 12.5. The second-order valence-corrected chi connectivity index (χ2v) is 6.48. The molecule has 1 aromatic rings. The van der Waals surface area contributed by atoms with Gasteiger partial charge in [0.05, 0.1) is 0 Å². The van der Waals surface area contributed by atoms with E-state index in [9.17, 15) is 19.2 Å². The lowest BCUT2D eigenvalue weighted by molar-refractivity contribution is -0.134. The maximum Gasteiger partial charge on any atom is 0.325 e. The first kappa shape index (κ1) is 16.2. The molecule has 7 nitrogen and oxygen atoms in total. The predicted molar refractivity (Wildman–Crippen MR) is 86.4 cm³/mol. The van der Waals surface area contributed by atoms with E-state index in [4.69, 9.17) is 0 Å². The van der Waals surface area contributed by atoms with Crippen molar-refractivity contribution < 1.29 is 19.2 Å². The van der Waals surface area contributed by atoms with Crippen molar-refractivity contribution in [1.82, 2.24) is 10.2 Å². The first-order valence-electron chi connectivity index (χ1n) is 7.86. The van der Waals surface area contributed by atoms with E-state index in [1.165, 1.54) is 6.92 Å². The first-order chi connectivity index (χ1) is 11.3. The van der Waals surface area contributed by atoms with Crippen LogP contribution in [0.15, 0.2) is 24.3 Å². The lowest BCUT2D eigenvalue weighted by Crippen LogP contribution is -2.46. The molecule has 126 valence electrons. The standard InChI is InChI=1S/C17H19N3O4/c1-10(21)11-4-3-5-13(8-11)18-14(22)9-20-15(23)17(2,12-6-7-12)19-16(20)24/h3-5,8,12H,6-7,9H2,1-2H3,(H,18,22)(H,19,24)/t17-/m0/s1. The number of nitrogens with zero attached hydrogens (tertiary/aromatic N) is 1. The van der Waals surface area contributed by atoms with Gasteiger partial charge >= 0.3 is 6.03 Å². The largest absolute Gasteiger partial charge is 0.325 e. The minimum Gasteiger partial charge on any atom is -0.325 e. The highest BCUT2D eigenvalue weighted by molar-refractivity contribution is 6.10. The van der Waals surface area contributed by atoms with E-state index < -0.39 is 17.5 Å². The van der Waals surface area contributed by atoms with Crippen LogP contribution in [0.4, 0.5) is 10.5 Å². The number of imide groups is 1. The van der Waals surface area contributed by atoms with Crippen LogP contribution in [0.2, 0.25) is 0 Å². The summed E-state index contributed by atoms with van der Waals surface area (Å²) in [6.45, 7) is 2.79. The zero-order valence-corrected chi connectivity index (χ0v) is 13.6. The first-order valence-corrected chi connectivity index (χ1v) is 7.86. The molecule has 0 unspecified atom stereocenters. The number of benzene rings is 1. The lowest BCUT2D eigenvalue weighted by Gasteiger charge is -2.20. The molecule has 1 aliphatic heterocycles. The van der Waals surface area contributed by atoms with Crippen LogP contribution < -0.4 is 10.6 Å². The summed E-state index contributed by atoms with van der Waals surface area (Å²) in [4.78, 5) is 49.0. The van der Waals surface area contributed by atoms with E-state index in [0.717, 1.165) is 17.7 Å². The third-order valence-electron chi connectivity index (χ3n) is 4.55. The number of anilines is 1. The van der Waals surface area contributed by atoms with Crippen LogP contribution in [0.1, 0.15) is 37.0 Å². The summed E-state index contributed by atoms with van der Waals surface area (Å²) in [5, 5.41) is 5.31. The molecule has 4 amide bonds. The van der Waals surface area contributed by atoms with Crippen LogP contribution >= 0.6 is 0 Å². The third-order valence-corrected chi connectivity index (χ3v) is 4.55. The van der Waals surface area contributed by atoms with Crippen molar-refractivity contribution in [2.45, 2.75) is 32.2 Å². The van der Waals surface area contributed by atoms with Crippen LogP contribution in [0.5, 0.6) is 0 Å². The number of ketones is 1. The average molecular weight is 329 g/mol. The van der Waals surface area contributed by atoms with Gasteiger partial charge < -0.3 is 10.6 Å². The van der Waals surface area contributed by atoms with E-state index >= 15 is 0 Å². The Hall–Kier alpha value is -2.70. The fourth-order valence-corrected chi connectivity index (χ4v) is 2.96. The van der Waals surface area contributed by atoms with Gasteiger partial charge in [0.25, 0.3) is 5.91 Å². The van der Waals surface area contributed by atoms with E-state index in [1.807, 2.05) is 0 Å². The van der Waals surface area contributed by atoms with Crippen LogP contribution in [0.25, 0.3) is 0 Å². The molecular weight excluding hydrogens is 310 g/mol. The molecule has 1 atom stereocenters. The van der Waals surface area contributed by atoms with Gasteiger partial charge in [-0.25, -0.2) is 4.79 Å². The molecule has 0 aromatic heterocycles. The number of urea groups is 1. The van der Waals surface area contributed by atoms with Crippen LogP contribution in [0, 0.1) is 5.92 Å². The summed E-state index contributed by atoms with van der Waals surface area (Å²) in [6.07, 6.45) is 1.81. The molecule has 1 aromatic carbocycles. The molecule has 2 aliphatic rings. The summed E-state index contributed by atoms with van der Waals surface area (Å²) < 4.78 is 0. The van der Waals surface area contributed by atoms with Crippen molar-refractivity contribution in [3.05, 3.63) is 29.8 Å². The number of carbonyl (C=O) groups excluding carboxylic acids is 4. The second-order valence-electron chi connectivity index (χ2n) is 6.48. The quantitative estimate of drug-likeness (QED) is 0.633. The van der Waals surface area contributed by atoms with Crippen molar-refractivity contribution in [2.24, 2.45) is 5.92 Å². The number of amides is 4. The highest BCUT2D eigenvalue weighted by Gasteiger charge is 2.56. The molecule has 24 heavy (non-hydrogen) atoms. The third kappa shape index (κ3) is 2.89. The Balaban J connectivity index is 1.67. The van der Waals surface area contributed by atoms with Gasteiger partial charge in [-0.15, -0.1) is 0 Å². The fourth-order valence-electron chi connectivity index (χ4n) is 2.96. The van der Waals surface area contributed by atoms with Gasteiger partial charge in [0, 0.05) is 11.3 Å². The summed E-state index contributed by atoms with van der Waals surface area (Å²) in [6, 6.07) is 5.97. The molecule has 2 fully saturated rings. The summed E-state index contributed by atoms with van der Waals surface area (Å²) in [5.41, 5.74) is 0.0279. The lowest BCUT2D eigenvalue weighted by atomic mass is 9.96. The zero-order valence-electron chi connectivity index (χ0n) is 13.6. The topological polar surface area (TPSA) is 95.6 Å². The molecule has 1 saturated carbocycles. The predicted octanol–water partition coefficient (Wildman–Crippen LogP) is 1.55. The summed E-state index contributed by atoms with van der Waals surface area (Å²) in [7, 11) is 0. The van der Waals surface area contributed by atoms with Crippen molar-refractivity contribution >= 4 is 29.3 Å². The summed E-state index contributed by atoms with van der Waals surface area (Å²) in [5.74, 6) is -0.809. The Morgan fingerprint density at radius 1 is 1.33 bits per heavy atom. The SMILES string of the molecule is CC(=O)c1cccc(NC(=O)CN2C(=O)N[C@@](C)(C3CC3)C2=O)c1. The van der Waals surface area contributed by atoms with E-state index in [2.05, 4.69) is 10.6 Å². The monoisotopic (exact) mass is 329 g/mol. The second kappa shape index (κ2) is 5.74. The molecule has 1 aliphatic carbocycles. The number of Topliss-reactive ketones (excluding diaryl/α,β-unsaturated/α-hetero) is 1. The molecule has 7 heteroatoms. The Kier molecular flexibility index (Phi) is 3.87. The minimum atomic E-state index is -0.897.